The van der Waals surface area contributed by atoms with Crippen molar-refractivity contribution >= 4 is 17.4 Å². The van der Waals surface area contributed by atoms with Crippen LogP contribution in [0.25, 0.3) is 0 Å². The Morgan fingerprint density at radius 1 is 1.09 bits per heavy atom. The van der Waals surface area contributed by atoms with E-state index in [2.05, 4.69) is 15.2 Å². The number of amides is 1. The van der Waals surface area contributed by atoms with E-state index in [0.717, 1.165) is 31.7 Å². The Morgan fingerprint density at radius 2 is 1.82 bits per heavy atom. The lowest BCUT2D eigenvalue weighted by molar-refractivity contribution is 0.102. The number of nitrogens with one attached hydrogen (secondary N) is 1. The Morgan fingerprint density at radius 3 is 2.55 bits per heavy atom. The molecule has 22 heavy (non-hydrogen) atoms. The minimum absolute atomic E-state index is 0.174. The van der Waals surface area contributed by atoms with Crippen LogP contribution < -0.4 is 10.2 Å². The number of hydrogen-bond acceptors (Lipinski definition) is 4. The normalized spacial score (nSPS) is 14.6. The summed E-state index contributed by atoms with van der Waals surface area (Å²) in [4.78, 5) is 19.1. The molecule has 1 amide bonds. The van der Waals surface area contributed by atoms with Gasteiger partial charge in [0, 0.05) is 25.0 Å². The topological polar surface area (TPSA) is 65.5 Å². The maximum absolute atomic E-state index is 12.5. The SMILES string of the molecule is O=C(Nc1ccc(O)cc1)c1cccnc1N1CCCCC1. The number of carbonyl (C=O) groups excluding carboxylic acids is 1. The number of phenols is 1. The average Bonchev–Trinajstić information content (AvgIpc) is 2.58. The third kappa shape index (κ3) is 3.19. The van der Waals surface area contributed by atoms with Crippen molar-refractivity contribution in [1.82, 2.24) is 4.98 Å². The number of aromatic nitrogens is 1. The zero-order valence-electron chi connectivity index (χ0n) is 12.3. The number of rotatable bonds is 3. The van der Waals surface area contributed by atoms with Crippen LogP contribution in [0.4, 0.5) is 11.5 Å². The van der Waals surface area contributed by atoms with Gasteiger partial charge in [-0.25, -0.2) is 4.98 Å². The van der Waals surface area contributed by atoms with E-state index in [-0.39, 0.29) is 11.7 Å². The summed E-state index contributed by atoms with van der Waals surface area (Å²) >= 11 is 0. The van der Waals surface area contributed by atoms with Gasteiger partial charge >= 0.3 is 0 Å². The fraction of sp³-hybridized carbons (Fsp3) is 0.294. The zero-order chi connectivity index (χ0) is 15.4. The van der Waals surface area contributed by atoms with Crippen molar-refractivity contribution < 1.29 is 9.90 Å². The van der Waals surface area contributed by atoms with Gasteiger partial charge in [-0.05, 0) is 55.7 Å². The van der Waals surface area contributed by atoms with Crippen molar-refractivity contribution in [3.63, 3.8) is 0 Å². The Bertz CT molecular complexity index is 649. The highest BCUT2D eigenvalue weighted by molar-refractivity contribution is 6.07. The van der Waals surface area contributed by atoms with Crippen LogP contribution in [-0.2, 0) is 0 Å². The maximum Gasteiger partial charge on any atom is 0.259 e. The van der Waals surface area contributed by atoms with E-state index in [0.29, 0.717) is 11.3 Å². The predicted molar refractivity (Wildman–Crippen MR) is 86.4 cm³/mol. The van der Waals surface area contributed by atoms with E-state index in [1.54, 1.807) is 42.6 Å². The molecule has 3 rings (SSSR count). The van der Waals surface area contributed by atoms with Crippen molar-refractivity contribution in [2.45, 2.75) is 19.3 Å². The van der Waals surface area contributed by atoms with Gasteiger partial charge in [-0.2, -0.15) is 0 Å². The minimum atomic E-state index is -0.181. The summed E-state index contributed by atoms with van der Waals surface area (Å²) in [6.07, 6.45) is 5.23. The maximum atomic E-state index is 12.5. The summed E-state index contributed by atoms with van der Waals surface area (Å²) in [5, 5.41) is 12.1. The molecule has 0 saturated carbocycles. The molecule has 1 fully saturated rings. The van der Waals surface area contributed by atoms with Crippen molar-refractivity contribution in [2.75, 3.05) is 23.3 Å². The molecule has 1 saturated heterocycles. The van der Waals surface area contributed by atoms with Crippen LogP contribution in [0.15, 0.2) is 42.6 Å². The quantitative estimate of drug-likeness (QED) is 0.855. The summed E-state index contributed by atoms with van der Waals surface area (Å²) in [7, 11) is 0. The lowest BCUT2D eigenvalue weighted by Gasteiger charge is -2.29. The number of carbonyl (C=O) groups is 1. The minimum Gasteiger partial charge on any atom is -0.508 e. The standard InChI is InChI=1S/C17H19N3O2/c21-14-8-6-13(7-9-14)19-17(22)15-5-4-10-18-16(15)20-11-2-1-3-12-20/h4-10,21H,1-3,11-12H2,(H,19,22). The molecule has 0 spiro atoms. The van der Waals surface area contributed by atoms with Gasteiger partial charge in [0.05, 0.1) is 5.56 Å². The summed E-state index contributed by atoms with van der Waals surface area (Å²) in [6, 6.07) is 10.0. The molecule has 0 bridgehead atoms. The van der Waals surface area contributed by atoms with Gasteiger partial charge in [-0.15, -0.1) is 0 Å². The Balaban J connectivity index is 1.81. The lowest BCUT2D eigenvalue weighted by Crippen LogP contribution is -2.32. The first-order chi connectivity index (χ1) is 10.7. The molecule has 0 aliphatic carbocycles. The van der Waals surface area contributed by atoms with Gasteiger partial charge in [0.2, 0.25) is 0 Å². The lowest BCUT2D eigenvalue weighted by atomic mass is 10.1. The van der Waals surface area contributed by atoms with Gasteiger partial charge in [-0.1, -0.05) is 0 Å². The molecule has 0 radical (unpaired) electrons. The van der Waals surface area contributed by atoms with Crippen molar-refractivity contribution in [3.8, 4) is 5.75 Å². The molecule has 1 aromatic carbocycles. The molecule has 2 aromatic rings. The highest BCUT2D eigenvalue weighted by Crippen LogP contribution is 2.23. The molecule has 1 aromatic heterocycles. The average molecular weight is 297 g/mol. The molecule has 114 valence electrons. The molecular weight excluding hydrogens is 278 g/mol. The third-order valence-electron chi connectivity index (χ3n) is 3.81. The molecule has 5 nitrogen and oxygen atoms in total. The van der Waals surface area contributed by atoms with Crippen molar-refractivity contribution in [3.05, 3.63) is 48.2 Å². The number of nitrogens with zero attached hydrogens (tertiary/aromatic N) is 2. The molecule has 1 aliphatic rings. The van der Waals surface area contributed by atoms with Crippen LogP contribution in [0.2, 0.25) is 0 Å². The second-order valence-corrected chi connectivity index (χ2v) is 5.42. The van der Waals surface area contributed by atoms with Crippen molar-refractivity contribution in [2.24, 2.45) is 0 Å². The smallest absolute Gasteiger partial charge is 0.259 e. The van der Waals surface area contributed by atoms with Gasteiger partial charge in [-0.3, -0.25) is 4.79 Å². The Kier molecular flexibility index (Phi) is 4.23. The first-order valence-corrected chi connectivity index (χ1v) is 7.54. The van der Waals surface area contributed by atoms with Crippen LogP contribution in [0.3, 0.4) is 0 Å². The van der Waals surface area contributed by atoms with Gasteiger partial charge < -0.3 is 15.3 Å². The Hall–Kier alpha value is -2.56. The number of benzene rings is 1. The molecule has 2 heterocycles. The van der Waals surface area contributed by atoms with Crippen LogP contribution in [0.5, 0.6) is 5.75 Å². The largest absolute Gasteiger partial charge is 0.508 e. The zero-order valence-corrected chi connectivity index (χ0v) is 12.3. The highest BCUT2D eigenvalue weighted by atomic mass is 16.3. The molecule has 5 heteroatoms. The predicted octanol–water partition coefficient (Wildman–Crippen LogP) is 3.03. The number of anilines is 2. The van der Waals surface area contributed by atoms with Crippen LogP contribution in [0, 0.1) is 0 Å². The van der Waals surface area contributed by atoms with Gasteiger partial charge in [0.15, 0.2) is 0 Å². The monoisotopic (exact) mass is 297 g/mol. The highest BCUT2D eigenvalue weighted by Gasteiger charge is 2.19. The van der Waals surface area contributed by atoms with E-state index in [1.807, 2.05) is 0 Å². The molecular formula is C17H19N3O2. The number of hydrogen-bond donors (Lipinski definition) is 2. The first-order valence-electron chi connectivity index (χ1n) is 7.54. The van der Waals surface area contributed by atoms with E-state index in [4.69, 9.17) is 0 Å². The van der Waals surface area contributed by atoms with E-state index in [1.165, 1.54) is 6.42 Å². The summed E-state index contributed by atoms with van der Waals surface area (Å²) in [5.74, 6) is 0.742. The van der Waals surface area contributed by atoms with E-state index >= 15 is 0 Å². The van der Waals surface area contributed by atoms with Gasteiger partial charge in [0.25, 0.3) is 5.91 Å². The number of piperidine rings is 1. The number of phenolic OH excluding ortho intramolecular Hbond substituents is 1. The first kappa shape index (κ1) is 14.4. The second-order valence-electron chi connectivity index (χ2n) is 5.42. The van der Waals surface area contributed by atoms with E-state index < -0.39 is 0 Å². The molecule has 1 aliphatic heterocycles. The van der Waals surface area contributed by atoms with Crippen LogP contribution in [-0.4, -0.2) is 29.1 Å². The molecule has 2 N–H and O–H groups in total. The summed E-state index contributed by atoms with van der Waals surface area (Å²) in [5.41, 5.74) is 1.23. The Labute approximate surface area is 129 Å². The summed E-state index contributed by atoms with van der Waals surface area (Å²) in [6.45, 7) is 1.88. The summed E-state index contributed by atoms with van der Waals surface area (Å²) < 4.78 is 0. The molecule has 0 unspecified atom stereocenters. The van der Waals surface area contributed by atoms with E-state index in [9.17, 15) is 9.90 Å². The van der Waals surface area contributed by atoms with Crippen LogP contribution >= 0.6 is 0 Å². The fourth-order valence-corrected chi connectivity index (χ4v) is 2.68. The number of pyridine rings is 1. The fourth-order valence-electron chi connectivity index (χ4n) is 2.68. The van der Waals surface area contributed by atoms with Gasteiger partial charge in [0.1, 0.15) is 11.6 Å². The van der Waals surface area contributed by atoms with Crippen LogP contribution in [0.1, 0.15) is 29.6 Å². The second kappa shape index (κ2) is 6.47. The third-order valence-corrected chi connectivity index (χ3v) is 3.81. The number of aromatic hydroxyl groups is 1. The molecule has 0 atom stereocenters. The van der Waals surface area contributed by atoms with Crippen molar-refractivity contribution in [1.29, 1.82) is 0 Å².